The largest absolute Gasteiger partial charge is 0.472 e. The van der Waals surface area contributed by atoms with Crippen molar-refractivity contribution in [2.75, 3.05) is 39.6 Å². The van der Waals surface area contributed by atoms with E-state index in [1.165, 1.54) is 193 Å². The van der Waals surface area contributed by atoms with E-state index in [9.17, 15) is 43.2 Å². The van der Waals surface area contributed by atoms with Gasteiger partial charge < -0.3 is 33.8 Å². The van der Waals surface area contributed by atoms with Crippen molar-refractivity contribution < 1.29 is 80.2 Å². The molecule has 0 aromatic rings. The second-order valence-corrected chi connectivity index (χ2v) is 29.7. The number of carbonyl (C=O) groups excluding carboxylic acids is 4. The van der Waals surface area contributed by atoms with Crippen molar-refractivity contribution in [2.45, 2.75) is 400 Å². The van der Waals surface area contributed by atoms with E-state index in [1.807, 2.05) is 0 Å². The Kier molecular flexibility index (Phi) is 64.9. The molecule has 0 rings (SSSR count). The molecule has 0 amide bonds. The summed E-state index contributed by atoms with van der Waals surface area (Å²) >= 11 is 0. The van der Waals surface area contributed by atoms with Crippen LogP contribution in [-0.4, -0.2) is 96.7 Å². The number of esters is 4. The maximum absolute atomic E-state index is 13.1. The maximum Gasteiger partial charge on any atom is 0.472 e. The summed E-state index contributed by atoms with van der Waals surface area (Å²) < 4.78 is 68.2. The monoisotopic (exact) mass is 1350 g/mol. The number of carbonyl (C=O) groups is 4. The Morgan fingerprint density at radius 1 is 0.293 bits per heavy atom. The molecule has 0 aromatic heterocycles. The van der Waals surface area contributed by atoms with E-state index < -0.39 is 97.5 Å². The van der Waals surface area contributed by atoms with Crippen LogP contribution >= 0.6 is 15.6 Å². The van der Waals surface area contributed by atoms with Gasteiger partial charge in [-0.2, -0.15) is 0 Å². The van der Waals surface area contributed by atoms with Gasteiger partial charge in [-0.25, -0.2) is 9.13 Å². The van der Waals surface area contributed by atoms with Gasteiger partial charge in [0, 0.05) is 25.7 Å². The molecule has 0 saturated heterocycles. The van der Waals surface area contributed by atoms with Crippen LogP contribution in [0, 0.1) is 5.92 Å². The number of rotatable bonds is 73. The van der Waals surface area contributed by atoms with Gasteiger partial charge >= 0.3 is 39.5 Å². The van der Waals surface area contributed by atoms with Crippen LogP contribution in [0.3, 0.4) is 0 Å². The van der Waals surface area contributed by atoms with Gasteiger partial charge in [0.2, 0.25) is 0 Å². The van der Waals surface area contributed by atoms with Crippen molar-refractivity contribution in [1.29, 1.82) is 0 Å². The highest BCUT2D eigenvalue weighted by molar-refractivity contribution is 7.47. The summed E-state index contributed by atoms with van der Waals surface area (Å²) in [6.45, 7) is 7.21. The molecule has 546 valence electrons. The van der Waals surface area contributed by atoms with Crippen LogP contribution in [0.15, 0.2) is 0 Å². The highest BCUT2D eigenvalue weighted by atomic mass is 31.2. The smallest absolute Gasteiger partial charge is 0.462 e. The van der Waals surface area contributed by atoms with Crippen LogP contribution in [0.1, 0.15) is 381 Å². The lowest BCUT2D eigenvalue weighted by molar-refractivity contribution is -0.161. The first-order valence-electron chi connectivity index (χ1n) is 38.1. The molecule has 0 heterocycles. The molecule has 0 bridgehead atoms. The Bertz CT molecular complexity index is 1770. The van der Waals surface area contributed by atoms with Crippen LogP contribution in [0.5, 0.6) is 0 Å². The molecule has 2 unspecified atom stereocenters. The van der Waals surface area contributed by atoms with E-state index >= 15 is 0 Å². The molecule has 0 aliphatic rings. The number of aliphatic hydroxyl groups is 1. The van der Waals surface area contributed by atoms with Crippen LogP contribution in [0.2, 0.25) is 0 Å². The standard InChI is InChI=1S/C73H142O17P2/c1-6-9-12-15-18-20-21-22-23-24-25-26-27-28-29-30-31-34-39-44-49-54-59-73(78)90-69(63-84-71(76)57-52-47-42-38-35-32-33-37-41-45-50-55-66(4)5)65-88-92(81,82)86-61-67(74)60-85-91(79,80)87-64-68(62-83-70(75)56-51-46-40-17-14-11-8-3)89-72(77)58-53-48-43-36-19-16-13-10-7-2/h66-69,74H,6-65H2,1-5H3,(H,79,80)(H,81,82)/t67-,68+,69+/m0/s1. The molecular weight excluding hydrogens is 1210 g/mol. The van der Waals surface area contributed by atoms with E-state index in [1.54, 1.807) is 0 Å². The van der Waals surface area contributed by atoms with Crippen LogP contribution in [0.25, 0.3) is 0 Å². The van der Waals surface area contributed by atoms with Gasteiger partial charge in [0.25, 0.3) is 0 Å². The van der Waals surface area contributed by atoms with Crippen molar-refractivity contribution >= 4 is 39.5 Å². The summed E-state index contributed by atoms with van der Waals surface area (Å²) in [5.74, 6) is -1.36. The van der Waals surface area contributed by atoms with E-state index in [4.69, 9.17) is 37.0 Å². The molecular formula is C73H142O17P2. The zero-order valence-electron chi connectivity index (χ0n) is 59.7. The average molecular weight is 1350 g/mol. The summed E-state index contributed by atoms with van der Waals surface area (Å²) in [7, 11) is -9.89. The zero-order chi connectivity index (χ0) is 67.7. The second-order valence-electron chi connectivity index (χ2n) is 26.8. The first-order chi connectivity index (χ1) is 44.5. The summed E-state index contributed by atoms with van der Waals surface area (Å²) in [5, 5.41) is 10.6. The molecule has 0 fully saturated rings. The summed E-state index contributed by atoms with van der Waals surface area (Å²) in [4.78, 5) is 72.4. The van der Waals surface area contributed by atoms with Gasteiger partial charge in [0.15, 0.2) is 12.2 Å². The Labute approximate surface area is 562 Å². The third kappa shape index (κ3) is 66.7. The summed E-state index contributed by atoms with van der Waals surface area (Å²) in [6, 6.07) is 0. The van der Waals surface area contributed by atoms with Crippen LogP contribution in [-0.2, 0) is 65.4 Å². The molecule has 0 aliphatic heterocycles. The molecule has 17 nitrogen and oxygen atoms in total. The molecule has 0 radical (unpaired) electrons. The minimum atomic E-state index is -4.95. The lowest BCUT2D eigenvalue weighted by atomic mass is 10.0. The minimum Gasteiger partial charge on any atom is -0.462 e. The Hall–Kier alpha value is -1.94. The highest BCUT2D eigenvalue weighted by Crippen LogP contribution is 2.45. The van der Waals surface area contributed by atoms with E-state index in [-0.39, 0.29) is 25.7 Å². The SMILES string of the molecule is CCCCCCCCCCCCCCCCCCCCCCCCC(=O)O[C@H](COC(=O)CCCCCCCCCCCCCC(C)C)COP(=O)(O)OC[C@@H](O)COP(=O)(O)OC[C@@H](COC(=O)CCCCCCCCC)OC(=O)CCCCCCCCCCC. The minimum absolute atomic E-state index is 0.106. The van der Waals surface area contributed by atoms with E-state index in [2.05, 4.69) is 34.6 Å². The fourth-order valence-electron chi connectivity index (χ4n) is 11.2. The van der Waals surface area contributed by atoms with Gasteiger partial charge in [-0.3, -0.25) is 37.3 Å². The van der Waals surface area contributed by atoms with E-state index in [0.717, 1.165) is 109 Å². The molecule has 5 atom stereocenters. The van der Waals surface area contributed by atoms with Crippen molar-refractivity contribution in [2.24, 2.45) is 5.92 Å². The number of ether oxygens (including phenoxy) is 4. The summed E-state index contributed by atoms with van der Waals surface area (Å²) in [5.41, 5.74) is 0. The number of phosphoric acid groups is 2. The number of hydrogen-bond donors (Lipinski definition) is 3. The Morgan fingerprint density at radius 2 is 0.500 bits per heavy atom. The molecule has 3 N–H and O–H groups in total. The van der Waals surface area contributed by atoms with Crippen LogP contribution in [0.4, 0.5) is 0 Å². The predicted octanol–water partition coefficient (Wildman–Crippen LogP) is 21.3. The van der Waals surface area contributed by atoms with Gasteiger partial charge in [0.05, 0.1) is 26.4 Å². The van der Waals surface area contributed by atoms with Gasteiger partial charge in [0.1, 0.15) is 19.3 Å². The normalized spacial score (nSPS) is 14.0. The lowest BCUT2D eigenvalue weighted by Crippen LogP contribution is -2.30. The van der Waals surface area contributed by atoms with Crippen molar-refractivity contribution in [3.05, 3.63) is 0 Å². The maximum atomic E-state index is 13.1. The third-order valence-electron chi connectivity index (χ3n) is 17.0. The highest BCUT2D eigenvalue weighted by Gasteiger charge is 2.30. The predicted molar refractivity (Wildman–Crippen MR) is 372 cm³/mol. The van der Waals surface area contributed by atoms with Gasteiger partial charge in [-0.1, -0.05) is 330 Å². The molecule has 0 saturated carbocycles. The van der Waals surface area contributed by atoms with Crippen molar-refractivity contribution in [3.63, 3.8) is 0 Å². The molecule has 0 spiro atoms. The first kappa shape index (κ1) is 90.1. The molecule has 92 heavy (non-hydrogen) atoms. The quantitative estimate of drug-likeness (QED) is 0.0222. The number of hydrogen-bond acceptors (Lipinski definition) is 15. The Balaban J connectivity index is 5.12. The van der Waals surface area contributed by atoms with Crippen molar-refractivity contribution in [3.8, 4) is 0 Å². The molecule has 19 heteroatoms. The van der Waals surface area contributed by atoms with Gasteiger partial charge in [-0.15, -0.1) is 0 Å². The summed E-state index contributed by atoms with van der Waals surface area (Å²) in [6.07, 6.45) is 54.5. The topological polar surface area (TPSA) is 237 Å². The average Bonchev–Trinajstić information content (AvgIpc) is 2.02. The first-order valence-corrected chi connectivity index (χ1v) is 41.1. The third-order valence-corrected chi connectivity index (χ3v) is 18.9. The number of phosphoric ester groups is 2. The fraction of sp³-hybridized carbons (Fsp3) is 0.945. The second kappa shape index (κ2) is 66.3. The van der Waals surface area contributed by atoms with Gasteiger partial charge in [-0.05, 0) is 31.6 Å². The fourth-order valence-corrected chi connectivity index (χ4v) is 12.8. The van der Waals surface area contributed by atoms with Crippen LogP contribution < -0.4 is 0 Å². The molecule has 0 aliphatic carbocycles. The molecule has 0 aromatic carbocycles. The van der Waals surface area contributed by atoms with Crippen molar-refractivity contribution in [1.82, 2.24) is 0 Å². The lowest BCUT2D eigenvalue weighted by Gasteiger charge is -2.21. The number of unbranched alkanes of at least 4 members (excludes halogenated alkanes) is 45. The number of aliphatic hydroxyl groups excluding tert-OH is 1. The van der Waals surface area contributed by atoms with E-state index in [0.29, 0.717) is 25.7 Å². The Morgan fingerprint density at radius 3 is 0.739 bits per heavy atom. The zero-order valence-corrected chi connectivity index (χ0v) is 61.5.